The molecular weight excluding hydrogens is 324 g/mol. The highest BCUT2D eigenvalue weighted by molar-refractivity contribution is 7.92. The molecule has 0 bridgehead atoms. The molecule has 3 aromatic rings. The van der Waals surface area contributed by atoms with Crippen LogP contribution < -0.4 is 4.72 Å². The average Bonchev–Trinajstić information content (AvgIpc) is 3.20. The first-order valence-corrected chi connectivity index (χ1v) is 8.51. The van der Waals surface area contributed by atoms with Crippen molar-refractivity contribution in [3.8, 4) is 5.69 Å². The van der Waals surface area contributed by atoms with E-state index in [2.05, 4.69) is 10.3 Å². The number of aromatic nitrogens is 3. The summed E-state index contributed by atoms with van der Waals surface area (Å²) in [7, 11) is -3.88. The van der Waals surface area contributed by atoms with Gasteiger partial charge in [-0.3, -0.25) is 4.79 Å². The van der Waals surface area contributed by atoms with Gasteiger partial charge in [0.05, 0.1) is 11.9 Å². The van der Waals surface area contributed by atoms with Crippen molar-refractivity contribution in [3.05, 3.63) is 59.7 Å². The number of benzene rings is 1. The first-order valence-electron chi connectivity index (χ1n) is 6.15. The Balaban J connectivity index is 1.81. The van der Waals surface area contributed by atoms with E-state index in [1.807, 2.05) is 22.9 Å². The topological polar surface area (TPSA) is 94.0 Å². The van der Waals surface area contributed by atoms with Crippen LogP contribution in [0.15, 0.2) is 58.3 Å². The molecule has 112 valence electrons. The van der Waals surface area contributed by atoms with Crippen molar-refractivity contribution in [2.75, 3.05) is 0 Å². The summed E-state index contributed by atoms with van der Waals surface area (Å²) in [4.78, 5) is 12.0. The van der Waals surface area contributed by atoms with Gasteiger partial charge in [-0.2, -0.15) is 0 Å². The van der Waals surface area contributed by atoms with E-state index < -0.39 is 15.9 Å². The Kier molecular flexibility index (Phi) is 3.73. The summed E-state index contributed by atoms with van der Waals surface area (Å²) in [6.45, 7) is 0. The number of hydrogen-bond acceptors (Lipinski definition) is 6. The number of amides is 1. The van der Waals surface area contributed by atoms with Gasteiger partial charge in [0.2, 0.25) is 0 Å². The smallest absolute Gasteiger partial charge is 0.266 e. The highest BCUT2D eigenvalue weighted by atomic mass is 32.2. The van der Waals surface area contributed by atoms with Crippen LogP contribution in [0.1, 0.15) is 10.5 Å². The predicted octanol–water partition coefficient (Wildman–Crippen LogP) is 1.45. The van der Waals surface area contributed by atoms with Gasteiger partial charge in [0.15, 0.2) is 5.69 Å². The Morgan fingerprint density at radius 3 is 2.59 bits per heavy atom. The van der Waals surface area contributed by atoms with Crippen LogP contribution in [-0.4, -0.2) is 29.3 Å². The van der Waals surface area contributed by atoms with Crippen molar-refractivity contribution in [1.82, 2.24) is 19.7 Å². The third kappa shape index (κ3) is 2.90. The Labute approximate surface area is 130 Å². The minimum absolute atomic E-state index is 0.0660. The Hall–Kier alpha value is -2.52. The molecule has 9 heteroatoms. The maximum absolute atomic E-state index is 12.0. The second-order valence-corrected chi connectivity index (χ2v) is 7.11. The van der Waals surface area contributed by atoms with Crippen LogP contribution in [0, 0.1) is 0 Å². The zero-order valence-corrected chi connectivity index (χ0v) is 12.7. The molecule has 2 heterocycles. The van der Waals surface area contributed by atoms with E-state index in [1.54, 1.807) is 23.6 Å². The zero-order valence-electron chi connectivity index (χ0n) is 11.1. The van der Waals surface area contributed by atoms with Gasteiger partial charge in [0, 0.05) is 0 Å². The lowest BCUT2D eigenvalue weighted by Gasteiger charge is -2.02. The van der Waals surface area contributed by atoms with E-state index in [1.165, 1.54) is 16.9 Å². The predicted molar refractivity (Wildman–Crippen MR) is 80.3 cm³/mol. The molecular formula is C13H10N4O3S2. The third-order valence-corrected chi connectivity index (χ3v) is 5.46. The molecule has 3 rings (SSSR count). The number of nitrogens with zero attached hydrogens (tertiary/aromatic N) is 3. The fraction of sp³-hybridized carbons (Fsp3) is 0. The van der Waals surface area contributed by atoms with Crippen LogP contribution in [0.25, 0.3) is 5.69 Å². The molecule has 7 nitrogen and oxygen atoms in total. The quantitative estimate of drug-likeness (QED) is 0.779. The summed E-state index contributed by atoms with van der Waals surface area (Å²) in [5.41, 5.74) is 0.638. The highest BCUT2D eigenvalue weighted by Crippen LogP contribution is 2.15. The summed E-state index contributed by atoms with van der Waals surface area (Å²) >= 11 is 1.03. The van der Waals surface area contributed by atoms with Gasteiger partial charge < -0.3 is 0 Å². The number of nitrogens with one attached hydrogen (secondary N) is 1. The van der Waals surface area contributed by atoms with Crippen LogP contribution in [0.4, 0.5) is 0 Å². The summed E-state index contributed by atoms with van der Waals surface area (Å²) in [6, 6.07) is 12.1. The molecule has 0 radical (unpaired) electrons. The standard InChI is InChI=1S/C13H10N4O3S2/c18-13(15-22(19,20)12-7-4-8-21-12)11-9-17(16-14-11)10-5-2-1-3-6-10/h1-9H,(H,15,18). The molecule has 0 atom stereocenters. The van der Waals surface area contributed by atoms with E-state index in [0.717, 1.165) is 17.0 Å². The highest BCUT2D eigenvalue weighted by Gasteiger charge is 2.21. The number of para-hydroxylation sites is 1. The van der Waals surface area contributed by atoms with Crippen molar-refractivity contribution < 1.29 is 13.2 Å². The number of carbonyl (C=O) groups excluding carboxylic acids is 1. The fourth-order valence-electron chi connectivity index (χ4n) is 1.72. The number of hydrogen-bond donors (Lipinski definition) is 1. The van der Waals surface area contributed by atoms with Crippen LogP contribution in [-0.2, 0) is 10.0 Å². The lowest BCUT2D eigenvalue weighted by atomic mass is 10.3. The maximum Gasteiger partial charge on any atom is 0.287 e. The first-order chi connectivity index (χ1) is 10.6. The van der Waals surface area contributed by atoms with Crippen molar-refractivity contribution in [1.29, 1.82) is 0 Å². The molecule has 22 heavy (non-hydrogen) atoms. The second kappa shape index (κ2) is 5.70. The average molecular weight is 334 g/mol. The number of carbonyl (C=O) groups is 1. The number of sulfonamides is 1. The molecule has 0 saturated heterocycles. The second-order valence-electron chi connectivity index (χ2n) is 4.25. The number of rotatable bonds is 4. The van der Waals surface area contributed by atoms with Gasteiger partial charge in [0.25, 0.3) is 15.9 Å². The van der Waals surface area contributed by atoms with Gasteiger partial charge in [-0.25, -0.2) is 17.8 Å². The fourth-order valence-corrected chi connectivity index (χ4v) is 3.67. The van der Waals surface area contributed by atoms with E-state index in [4.69, 9.17) is 0 Å². The minimum Gasteiger partial charge on any atom is -0.266 e. The normalized spacial score (nSPS) is 11.3. The van der Waals surface area contributed by atoms with Gasteiger partial charge >= 0.3 is 0 Å². The molecule has 0 aliphatic carbocycles. The Bertz CT molecular complexity index is 887. The molecule has 1 N–H and O–H groups in total. The molecule has 0 unspecified atom stereocenters. The van der Waals surface area contributed by atoms with Gasteiger partial charge in [-0.15, -0.1) is 16.4 Å². The first kappa shape index (κ1) is 14.4. The van der Waals surface area contributed by atoms with Crippen molar-refractivity contribution in [2.45, 2.75) is 4.21 Å². The molecule has 0 aliphatic rings. The van der Waals surface area contributed by atoms with E-state index in [-0.39, 0.29) is 9.90 Å². The monoisotopic (exact) mass is 334 g/mol. The van der Waals surface area contributed by atoms with Gasteiger partial charge in [0.1, 0.15) is 4.21 Å². The van der Waals surface area contributed by atoms with E-state index >= 15 is 0 Å². The third-order valence-electron chi connectivity index (χ3n) is 2.73. The minimum atomic E-state index is -3.88. The van der Waals surface area contributed by atoms with Crippen LogP contribution >= 0.6 is 11.3 Å². The SMILES string of the molecule is O=C(NS(=O)(=O)c1cccs1)c1cn(-c2ccccc2)nn1. The summed E-state index contributed by atoms with van der Waals surface area (Å²) in [5, 5.41) is 9.13. The van der Waals surface area contributed by atoms with Gasteiger partial charge in [-0.05, 0) is 23.6 Å². The largest absolute Gasteiger partial charge is 0.287 e. The van der Waals surface area contributed by atoms with Crippen molar-refractivity contribution >= 4 is 27.3 Å². The molecule has 1 aromatic carbocycles. The van der Waals surface area contributed by atoms with Crippen LogP contribution in [0.5, 0.6) is 0 Å². The molecule has 2 aromatic heterocycles. The summed E-state index contributed by atoms with van der Waals surface area (Å²) in [5.74, 6) is -0.824. The lowest BCUT2D eigenvalue weighted by Crippen LogP contribution is -2.30. The lowest BCUT2D eigenvalue weighted by molar-refractivity contribution is 0.0976. The summed E-state index contributed by atoms with van der Waals surface area (Å²) in [6.07, 6.45) is 1.37. The molecule has 0 aliphatic heterocycles. The zero-order chi connectivity index (χ0) is 15.6. The number of thiophene rings is 1. The molecule has 0 fully saturated rings. The van der Waals surface area contributed by atoms with E-state index in [9.17, 15) is 13.2 Å². The maximum atomic E-state index is 12.0. The Morgan fingerprint density at radius 1 is 1.14 bits per heavy atom. The van der Waals surface area contributed by atoms with Crippen LogP contribution in [0.2, 0.25) is 0 Å². The Morgan fingerprint density at radius 2 is 1.91 bits per heavy atom. The van der Waals surface area contributed by atoms with Crippen molar-refractivity contribution in [3.63, 3.8) is 0 Å². The van der Waals surface area contributed by atoms with Crippen LogP contribution in [0.3, 0.4) is 0 Å². The molecule has 1 amide bonds. The molecule has 0 saturated carbocycles. The molecule has 0 spiro atoms. The van der Waals surface area contributed by atoms with E-state index in [0.29, 0.717) is 0 Å². The van der Waals surface area contributed by atoms with Gasteiger partial charge in [-0.1, -0.05) is 29.5 Å². The van der Waals surface area contributed by atoms with Crippen molar-refractivity contribution in [2.24, 2.45) is 0 Å². The summed E-state index contributed by atoms with van der Waals surface area (Å²) < 4.78 is 27.4.